The summed E-state index contributed by atoms with van der Waals surface area (Å²) in [6, 6.07) is 14.9. The summed E-state index contributed by atoms with van der Waals surface area (Å²) in [7, 11) is 0. The highest BCUT2D eigenvalue weighted by Crippen LogP contribution is 2.23. The van der Waals surface area contributed by atoms with Gasteiger partial charge < -0.3 is 4.90 Å². The van der Waals surface area contributed by atoms with Crippen LogP contribution in [-0.4, -0.2) is 38.7 Å². The third kappa shape index (κ3) is 3.89. The van der Waals surface area contributed by atoms with Gasteiger partial charge in [-0.2, -0.15) is 5.10 Å². The molecule has 3 aromatic rings. The second-order valence-electron chi connectivity index (χ2n) is 6.78. The van der Waals surface area contributed by atoms with E-state index in [-0.39, 0.29) is 17.5 Å². The second-order valence-corrected chi connectivity index (χ2v) is 7.70. The lowest BCUT2D eigenvalue weighted by Crippen LogP contribution is -2.41. The first kappa shape index (κ1) is 18.6. The number of rotatable bonds is 3. The molecule has 0 atom stereocenters. The number of pyridine rings is 1. The zero-order valence-electron chi connectivity index (χ0n) is 15.2. The van der Waals surface area contributed by atoms with Crippen LogP contribution in [0.3, 0.4) is 0 Å². The smallest absolute Gasteiger partial charge is 0.267 e. The van der Waals surface area contributed by atoms with Gasteiger partial charge in [0.05, 0.1) is 17.3 Å². The summed E-state index contributed by atoms with van der Waals surface area (Å²) in [6.07, 6.45) is 4.62. The van der Waals surface area contributed by atoms with Crippen LogP contribution in [0.1, 0.15) is 29.2 Å². The van der Waals surface area contributed by atoms with Crippen LogP contribution in [0.15, 0.2) is 70.2 Å². The maximum Gasteiger partial charge on any atom is 0.267 e. The fourth-order valence-electron chi connectivity index (χ4n) is 3.47. The van der Waals surface area contributed by atoms with Gasteiger partial charge in [0.15, 0.2) is 0 Å². The molecule has 0 unspecified atom stereocenters. The summed E-state index contributed by atoms with van der Waals surface area (Å²) in [5, 5.41) is 4.59. The van der Waals surface area contributed by atoms with E-state index in [1.807, 2.05) is 35.2 Å². The molecule has 0 bridgehead atoms. The minimum absolute atomic E-state index is 0.0131. The maximum atomic E-state index is 12.7. The van der Waals surface area contributed by atoms with Crippen LogP contribution in [0.4, 0.5) is 0 Å². The minimum Gasteiger partial charge on any atom is -0.338 e. The van der Waals surface area contributed by atoms with Gasteiger partial charge in [0, 0.05) is 41.6 Å². The molecule has 0 saturated carbocycles. The average molecular weight is 439 g/mol. The highest BCUT2D eigenvalue weighted by molar-refractivity contribution is 9.10. The molecule has 1 fully saturated rings. The van der Waals surface area contributed by atoms with E-state index in [9.17, 15) is 9.59 Å². The summed E-state index contributed by atoms with van der Waals surface area (Å²) >= 11 is 3.35. The number of hydrogen-bond acceptors (Lipinski definition) is 4. The van der Waals surface area contributed by atoms with Crippen molar-refractivity contribution in [1.29, 1.82) is 0 Å². The Hall–Kier alpha value is -2.80. The summed E-state index contributed by atoms with van der Waals surface area (Å²) in [6.45, 7) is 1.17. The zero-order chi connectivity index (χ0) is 19.5. The van der Waals surface area contributed by atoms with Crippen molar-refractivity contribution in [2.45, 2.75) is 18.9 Å². The van der Waals surface area contributed by atoms with Crippen LogP contribution in [-0.2, 0) is 0 Å². The molecule has 28 heavy (non-hydrogen) atoms. The molecule has 1 saturated heterocycles. The van der Waals surface area contributed by atoms with Crippen LogP contribution >= 0.6 is 15.9 Å². The predicted molar refractivity (Wildman–Crippen MR) is 110 cm³/mol. The van der Waals surface area contributed by atoms with Crippen molar-refractivity contribution in [2.24, 2.45) is 0 Å². The third-order valence-corrected chi connectivity index (χ3v) is 5.38. The topological polar surface area (TPSA) is 68.1 Å². The van der Waals surface area contributed by atoms with E-state index < -0.39 is 0 Å². The molecular formula is C21H19BrN4O2. The van der Waals surface area contributed by atoms with Gasteiger partial charge in [-0.1, -0.05) is 30.3 Å². The number of hydrogen-bond donors (Lipinski definition) is 0. The normalized spacial score (nSPS) is 14.8. The van der Waals surface area contributed by atoms with Gasteiger partial charge in [-0.05, 0) is 40.9 Å². The van der Waals surface area contributed by atoms with Crippen molar-refractivity contribution < 1.29 is 4.79 Å². The van der Waals surface area contributed by atoms with E-state index in [1.165, 1.54) is 0 Å². The highest BCUT2D eigenvalue weighted by atomic mass is 79.9. The summed E-state index contributed by atoms with van der Waals surface area (Å²) < 4.78 is 2.35. The van der Waals surface area contributed by atoms with E-state index in [2.05, 4.69) is 26.0 Å². The number of carbonyl (C=O) groups is 1. The Balaban J connectivity index is 1.49. The predicted octanol–water partition coefficient (Wildman–Crippen LogP) is 3.55. The molecule has 0 spiro atoms. The van der Waals surface area contributed by atoms with E-state index >= 15 is 0 Å². The lowest BCUT2D eigenvalue weighted by atomic mass is 10.0. The van der Waals surface area contributed by atoms with Gasteiger partial charge in [0.2, 0.25) is 0 Å². The van der Waals surface area contributed by atoms with E-state index in [4.69, 9.17) is 0 Å². The summed E-state index contributed by atoms with van der Waals surface area (Å²) in [4.78, 5) is 30.9. The molecule has 142 valence electrons. The van der Waals surface area contributed by atoms with Gasteiger partial charge in [-0.25, -0.2) is 4.68 Å². The molecule has 0 radical (unpaired) electrons. The molecule has 7 heteroatoms. The Labute approximate surface area is 171 Å². The van der Waals surface area contributed by atoms with Crippen molar-refractivity contribution in [1.82, 2.24) is 19.7 Å². The molecule has 6 nitrogen and oxygen atoms in total. The number of halogens is 1. The standard InChI is InChI=1S/C21H19BrN4O2/c22-17-12-16(13-23-14-17)21(28)25-10-8-18(9-11-25)26-20(27)7-6-19(24-26)15-4-2-1-3-5-15/h1-7,12-14,18H,8-11H2. The first-order valence-corrected chi connectivity index (χ1v) is 9.96. The van der Waals surface area contributed by atoms with Crippen LogP contribution in [0.5, 0.6) is 0 Å². The molecular weight excluding hydrogens is 420 g/mol. The lowest BCUT2D eigenvalue weighted by Gasteiger charge is -2.32. The first-order chi connectivity index (χ1) is 13.6. The Morgan fingerprint density at radius 3 is 2.50 bits per heavy atom. The Bertz CT molecular complexity index is 1040. The molecule has 4 rings (SSSR count). The average Bonchev–Trinajstić information content (AvgIpc) is 2.74. The van der Waals surface area contributed by atoms with Crippen LogP contribution in [0, 0.1) is 0 Å². The van der Waals surface area contributed by atoms with Gasteiger partial charge in [-0.15, -0.1) is 0 Å². The fraction of sp³-hybridized carbons (Fsp3) is 0.238. The Morgan fingerprint density at radius 2 is 1.79 bits per heavy atom. The molecule has 0 aliphatic carbocycles. The Kier molecular flexibility index (Phi) is 5.34. The van der Waals surface area contributed by atoms with Gasteiger partial charge in [-0.3, -0.25) is 14.6 Å². The van der Waals surface area contributed by atoms with Crippen LogP contribution in [0.2, 0.25) is 0 Å². The quantitative estimate of drug-likeness (QED) is 0.626. The van der Waals surface area contributed by atoms with Crippen molar-refractivity contribution in [3.63, 3.8) is 0 Å². The summed E-state index contributed by atoms with van der Waals surface area (Å²) in [5.41, 5.74) is 2.21. The fourth-order valence-corrected chi connectivity index (χ4v) is 3.84. The molecule has 1 aromatic carbocycles. The molecule has 1 amide bonds. The van der Waals surface area contributed by atoms with Crippen molar-refractivity contribution in [3.8, 4) is 11.3 Å². The first-order valence-electron chi connectivity index (χ1n) is 9.17. The number of aromatic nitrogens is 3. The summed E-state index contributed by atoms with van der Waals surface area (Å²) in [5.74, 6) is -0.0365. The van der Waals surface area contributed by atoms with E-state index in [1.54, 1.807) is 35.3 Å². The van der Waals surface area contributed by atoms with Crippen molar-refractivity contribution in [3.05, 3.63) is 81.3 Å². The lowest BCUT2D eigenvalue weighted by molar-refractivity contribution is 0.0687. The van der Waals surface area contributed by atoms with Gasteiger partial charge >= 0.3 is 0 Å². The second kappa shape index (κ2) is 8.06. The highest BCUT2D eigenvalue weighted by Gasteiger charge is 2.26. The molecule has 3 heterocycles. The third-order valence-electron chi connectivity index (χ3n) is 4.94. The van der Waals surface area contributed by atoms with E-state index in [0.29, 0.717) is 31.5 Å². The molecule has 2 aromatic heterocycles. The van der Waals surface area contributed by atoms with Crippen LogP contribution < -0.4 is 5.56 Å². The maximum absolute atomic E-state index is 12.7. The van der Waals surface area contributed by atoms with Crippen molar-refractivity contribution >= 4 is 21.8 Å². The number of carbonyl (C=O) groups excluding carboxylic acids is 1. The SMILES string of the molecule is O=C(c1cncc(Br)c1)N1CCC(n2nc(-c3ccccc3)ccc2=O)CC1. The molecule has 1 aliphatic heterocycles. The van der Waals surface area contributed by atoms with Gasteiger partial charge in [0.25, 0.3) is 11.5 Å². The van der Waals surface area contributed by atoms with Gasteiger partial charge in [0.1, 0.15) is 0 Å². The number of nitrogens with zero attached hydrogens (tertiary/aromatic N) is 4. The molecule has 1 aliphatic rings. The monoisotopic (exact) mass is 438 g/mol. The Morgan fingerprint density at radius 1 is 1.04 bits per heavy atom. The largest absolute Gasteiger partial charge is 0.338 e. The number of likely N-dealkylation sites (tertiary alicyclic amines) is 1. The van der Waals surface area contributed by atoms with E-state index in [0.717, 1.165) is 15.7 Å². The number of piperidine rings is 1. The number of benzene rings is 1. The van der Waals surface area contributed by atoms with Crippen LogP contribution in [0.25, 0.3) is 11.3 Å². The number of amides is 1. The minimum atomic E-state index is -0.111. The molecule has 0 N–H and O–H groups in total. The zero-order valence-corrected chi connectivity index (χ0v) is 16.7. The van der Waals surface area contributed by atoms with Crippen molar-refractivity contribution in [2.75, 3.05) is 13.1 Å².